The molecular formula is C32H29N7O. The summed E-state index contributed by atoms with van der Waals surface area (Å²) in [6.07, 6.45) is 3.53. The smallest absolute Gasteiger partial charge is 0.226 e. The van der Waals surface area contributed by atoms with Gasteiger partial charge < -0.3 is 5.32 Å². The molecule has 0 saturated carbocycles. The number of rotatable bonds is 7. The molecule has 0 saturated heterocycles. The van der Waals surface area contributed by atoms with Crippen LogP contribution in [0, 0.1) is 20.8 Å². The van der Waals surface area contributed by atoms with Gasteiger partial charge in [-0.05, 0) is 43.5 Å². The highest BCUT2D eigenvalue weighted by atomic mass is 16.1. The summed E-state index contributed by atoms with van der Waals surface area (Å²) < 4.78 is 3.47. The Morgan fingerprint density at radius 3 is 2.23 bits per heavy atom. The summed E-state index contributed by atoms with van der Waals surface area (Å²) in [7, 11) is 0. The maximum atomic E-state index is 13.5. The number of aryl methyl sites for hydroxylation is 3. The number of benzene rings is 3. The van der Waals surface area contributed by atoms with Gasteiger partial charge in [-0.25, -0.2) is 14.6 Å². The number of anilines is 1. The van der Waals surface area contributed by atoms with Gasteiger partial charge in [0.1, 0.15) is 12.1 Å². The molecule has 1 N–H and O–H groups in total. The van der Waals surface area contributed by atoms with E-state index in [2.05, 4.69) is 75.7 Å². The Hall–Kier alpha value is -5.11. The van der Waals surface area contributed by atoms with Gasteiger partial charge in [-0.15, -0.1) is 0 Å². The van der Waals surface area contributed by atoms with Crippen LogP contribution in [0.5, 0.6) is 0 Å². The van der Waals surface area contributed by atoms with Gasteiger partial charge in [0.05, 0.1) is 23.0 Å². The summed E-state index contributed by atoms with van der Waals surface area (Å²) in [5.41, 5.74) is 6.82. The second-order valence-electron chi connectivity index (χ2n) is 9.99. The van der Waals surface area contributed by atoms with Crippen LogP contribution in [0.25, 0.3) is 22.5 Å². The Kier molecular flexibility index (Phi) is 6.66. The van der Waals surface area contributed by atoms with Crippen LogP contribution in [0.1, 0.15) is 40.3 Å². The highest BCUT2D eigenvalue weighted by Gasteiger charge is 2.21. The summed E-state index contributed by atoms with van der Waals surface area (Å²) in [5.74, 6) is 0.894. The number of carbonyl (C=O) groups is 1. The lowest BCUT2D eigenvalue weighted by Crippen LogP contribution is -2.19. The zero-order valence-corrected chi connectivity index (χ0v) is 22.6. The number of nitrogens with one attached hydrogen (secondary N) is 1. The summed E-state index contributed by atoms with van der Waals surface area (Å²) in [5, 5.41) is 13.1. The first-order valence-electron chi connectivity index (χ1n) is 13.2. The second-order valence-corrected chi connectivity index (χ2v) is 9.99. The predicted octanol–water partition coefficient (Wildman–Crippen LogP) is 6.09. The Balaban J connectivity index is 1.33. The van der Waals surface area contributed by atoms with Crippen LogP contribution in [-0.2, 0) is 4.79 Å². The molecule has 0 bridgehead atoms. The molecule has 0 spiro atoms. The standard InChI is InChI=1S/C32H29N7O/c1-21-14-15-28(22(2)16-21)38-31-27(19-35-38)32(34-20-33-31)39-29(17-23(3)37-39)36-30(40)18-26(24-10-6-4-7-11-24)25-12-8-5-9-13-25/h4-17,19-20,26H,18H2,1-3H3,(H,36,40). The minimum atomic E-state index is -0.116. The van der Waals surface area contributed by atoms with E-state index in [0.29, 0.717) is 17.3 Å². The molecule has 3 aromatic heterocycles. The fraction of sp³-hybridized carbons (Fsp3) is 0.156. The predicted molar refractivity (Wildman–Crippen MR) is 156 cm³/mol. The molecule has 6 rings (SSSR count). The zero-order valence-electron chi connectivity index (χ0n) is 22.6. The van der Waals surface area contributed by atoms with E-state index in [4.69, 9.17) is 0 Å². The Bertz CT molecular complexity index is 1770. The molecule has 40 heavy (non-hydrogen) atoms. The number of amides is 1. The highest BCUT2D eigenvalue weighted by molar-refractivity contribution is 5.92. The number of hydrogen-bond donors (Lipinski definition) is 1. The van der Waals surface area contributed by atoms with Crippen LogP contribution in [-0.4, -0.2) is 35.4 Å². The highest BCUT2D eigenvalue weighted by Crippen LogP contribution is 2.29. The monoisotopic (exact) mass is 527 g/mol. The van der Waals surface area contributed by atoms with Crippen molar-refractivity contribution in [3.8, 4) is 11.5 Å². The van der Waals surface area contributed by atoms with Crippen molar-refractivity contribution in [2.24, 2.45) is 0 Å². The molecule has 8 nitrogen and oxygen atoms in total. The van der Waals surface area contributed by atoms with Crippen molar-refractivity contribution in [2.75, 3.05) is 5.32 Å². The fourth-order valence-electron chi connectivity index (χ4n) is 5.15. The van der Waals surface area contributed by atoms with E-state index in [1.165, 1.54) is 11.9 Å². The number of fused-ring (bicyclic) bond motifs is 1. The van der Waals surface area contributed by atoms with Crippen molar-refractivity contribution >= 4 is 22.8 Å². The fourth-order valence-corrected chi connectivity index (χ4v) is 5.15. The van der Waals surface area contributed by atoms with Crippen LogP contribution < -0.4 is 5.32 Å². The molecule has 0 aliphatic heterocycles. The zero-order chi connectivity index (χ0) is 27.6. The normalized spacial score (nSPS) is 11.3. The molecule has 6 aromatic rings. The number of nitrogens with zero attached hydrogens (tertiary/aromatic N) is 6. The topological polar surface area (TPSA) is 90.5 Å². The van der Waals surface area contributed by atoms with Gasteiger partial charge in [0, 0.05) is 18.4 Å². The van der Waals surface area contributed by atoms with Crippen LogP contribution in [0.15, 0.2) is 97.5 Å². The third-order valence-electron chi connectivity index (χ3n) is 7.02. The second kappa shape index (κ2) is 10.6. The van der Waals surface area contributed by atoms with Gasteiger partial charge in [0.15, 0.2) is 11.5 Å². The third kappa shape index (κ3) is 4.87. The van der Waals surface area contributed by atoms with Crippen molar-refractivity contribution in [1.82, 2.24) is 29.5 Å². The molecule has 0 atom stereocenters. The quantitative estimate of drug-likeness (QED) is 0.271. The summed E-state index contributed by atoms with van der Waals surface area (Å²) in [6, 6.07) is 28.3. The van der Waals surface area contributed by atoms with E-state index in [0.717, 1.165) is 33.5 Å². The largest absolute Gasteiger partial charge is 0.310 e. The Labute approximate surface area is 232 Å². The minimum absolute atomic E-state index is 0.0818. The van der Waals surface area contributed by atoms with Gasteiger partial charge in [0.25, 0.3) is 0 Å². The summed E-state index contributed by atoms with van der Waals surface area (Å²) >= 11 is 0. The first-order valence-corrected chi connectivity index (χ1v) is 13.2. The number of hydrogen-bond acceptors (Lipinski definition) is 5. The van der Waals surface area contributed by atoms with Crippen molar-refractivity contribution in [2.45, 2.75) is 33.1 Å². The van der Waals surface area contributed by atoms with Gasteiger partial charge >= 0.3 is 0 Å². The lowest BCUT2D eigenvalue weighted by Gasteiger charge is -2.18. The Morgan fingerprint density at radius 2 is 1.55 bits per heavy atom. The van der Waals surface area contributed by atoms with E-state index in [9.17, 15) is 4.79 Å². The minimum Gasteiger partial charge on any atom is -0.310 e. The SMILES string of the molecule is Cc1ccc(-n2ncc3c(-n4nc(C)cc4NC(=O)CC(c4ccccc4)c4ccccc4)ncnc32)c(C)c1. The first kappa shape index (κ1) is 25.2. The van der Waals surface area contributed by atoms with Crippen molar-refractivity contribution in [3.63, 3.8) is 0 Å². The Morgan fingerprint density at radius 1 is 0.850 bits per heavy atom. The molecule has 3 heterocycles. The van der Waals surface area contributed by atoms with E-state index in [1.807, 2.05) is 60.1 Å². The summed E-state index contributed by atoms with van der Waals surface area (Å²) in [6.45, 7) is 6.01. The van der Waals surface area contributed by atoms with Crippen LogP contribution in [0.2, 0.25) is 0 Å². The molecule has 0 radical (unpaired) electrons. The number of carbonyl (C=O) groups excluding carboxylic acids is 1. The summed E-state index contributed by atoms with van der Waals surface area (Å²) in [4.78, 5) is 22.6. The number of aromatic nitrogens is 6. The van der Waals surface area contributed by atoms with Crippen molar-refractivity contribution < 1.29 is 4.79 Å². The maximum absolute atomic E-state index is 13.5. The maximum Gasteiger partial charge on any atom is 0.226 e. The molecule has 3 aromatic carbocycles. The van der Waals surface area contributed by atoms with Gasteiger partial charge in [0.2, 0.25) is 5.91 Å². The molecule has 0 aliphatic carbocycles. The molecular weight excluding hydrogens is 498 g/mol. The molecule has 0 unspecified atom stereocenters. The molecule has 198 valence electrons. The van der Waals surface area contributed by atoms with Crippen molar-refractivity contribution in [3.05, 3.63) is 125 Å². The van der Waals surface area contributed by atoms with Gasteiger partial charge in [-0.2, -0.15) is 14.9 Å². The van der Waals surface area contributed by atoms with E-state index in [-0.39, 0.29) is 18.2 Å². The molecule has 0 fully saturated rings. The molecule has 8 heteroatoms. The molecule has 1 amide bonds. The van der Waals surface area contributed by atoms with E-state index < -0.39 is 0 Å². The third-order valence-corrected chi connectivity index (χ3v) is 7.02. The van der Waals surface area contributed by atoms with E-state index >= 15 is 0 Å². The lowest BCUT2D eigenvalue weighted by atomic mass is 9.88. The molecule has 0 aliphatic rings. The first-order chi connectivity index (χ1) is 19.5. The average molecular weight is 528 g/mol. The van der Waals surface area contributed by atoms with Crippen LogP contribution >= 0.6 is 0 Å². The van der Waals surface area contributed by atoms with Gasteiger partial charge in [-0.3, -0.25) is 4.79 Å². The van der Waals surface area contributed by atoms with Crippen molar-refractivity contribution in [1.29, 1.82) is 0 Å². The van der Waals surface area contributed by atoms with Crippen LogP contribution in [0.3, 0.4) is 0 Å². The van der Waals surface area contributed by atoms with Crippen LogP contribution in [0.4, 0.5) is 5.82 Å². The average Bonchev–Trinajstić information content (AvgIpc) is 3.55. The lowest BCUT2D eigenvalue weighted by molar-refractivity contribution is -0.116. The van der Waals surface area contributed by atoms with Gasteiger partial charge in [-0.1, -0.05) is 78.4 Å². The van der Waals surface area contributed by atoms with E-state index in [1.54, 1.807) is 10.9 Å².